The summed E-state index contributed by atoms with van der Waals surface area (Å²) in [4.78, 5) is 0. The normalized spacial score (nSPS) is 12.4. The number of methoxy groups -OCH3 is 1. The monoisotopic (exact) mass is 239 g/mol. The van der Waals surface area contributed by atoms with Crippen LogP contribution in [0.1, 0.15) is 0 Å². The first-order valence-corrected chi connectivity index (χ1v) is 5.78. The summed E-state index contributed by atoms with van der Waals surface area (Å²) >= 11 is 0. The molecule has 1 unspecified atom stereocenters. The molecule has 0 aromatic heterocycles. The van der Waals surface area contributed by atoms with Crippen LogP contribution in [0.4, 0.5) is 0 Å². The van der Waals surface area contributed by atoms with Crippen molar-refractivity contribution in [1.82, 2.24) is 5.32 Å². The average Bonchev–Trinajstić information content (AvgIpc) is 2.38. The number of ether oxygens (including phenoxy) is 3. The molecule has 0 aliphatic rings. The van der Waals surface area contributed by atoms with Gasteiger partial charge in [-0.15, -0.1) is 0 Å². The van der Waals surface area contributed by atoms with Crippen molar-refractivity contribution in [3.63, 3.8) is 0 Å². The molecule has 4 heteroatoms. The molecule has 1 rings (SSSR count). The van der Waals surface area contributed by atoms with E-state index in [0.717, 1.165) is 5.75 Å². The van der Waals surface area contributed by atoms with Crippen LogP contribution in [0.5, 0.6) is 5.75 Å². The maximum absolute atomic E-state index is 5.50. The Morgan fingerprint density at radius 2 is 1.88 bits per heavy atom. The Balaban J connectivity index is 2.04. The number of hydrogen-bond donors (Lipinski definition) is 1. The van der Waals surface area contributed by atoms with E-state index in [1.807, 2.05) is 37.4 Å². The third-order valence-corrected chi connectivity index (χ3v) is 2.33. The van der Waals surface area contributed by atoms with Gasteiger partial charge in [-0.1, -0.05) is 18.2 Å². The highest BCUT2D eigenvalue weighted by molar-refractivity contribution is 5.20. The van der Waals surface area contributed by atoms with Gasteiger partial charge in [0, 0.05) is 7.11 Å². The van der Waals surface area contributed by atoms with Gasteiger partial charge in [0.15, 0.2) is 0 Å². The fraction of sp³-hybridized carbons (Fsp3) is 0.538. The molecule has 1 aromatic rings. The van der Waals surface area contributed by atoms with Gasteiger partial charge in [-0.05, 0) is 19.2 Å². The van der Waals surface area contributed by atoms with E-state index in [1.54, 1.807) is 7.11 Å². The standard InChI is InChI=1S/C13H21NO3/c1-14-12(10-15-2)11-16-8-9-17-13-6-4-3-5-7-13/h3-7,12,14H,8-11H2,1-2H3. The Bertz CT molecular complexity index is 279. The summed E-state index contributed by atoms with van der Waals surface area (Å²) in [6.45, 7) is 2.42. The van der Waals surface area contributed by atoms with E-state index in [-0.39, 0.29) is 6.04 Å². The molecule has 4 nitrogen and oxygen atoms in total. The van der Waals surface area contributed by atoms with Crippen molar-refractivity contribution >= 4 is 0 Å². The minimum absolute atomic E-state index is 0.233. The van der Waals surface area contributed by atoms with Crippen molar-refractivity contribution in [1.29, 1.82) is 0 Å². The molecular formula is C13H21NO3. The first kappa shape index (κ1) is 14.0. The van der Waals surface area contributed by atoms with E-state index in [9.17, 15) is 0 Å². The van der Waals surface area contributed by atoms with Crippen molar-refractivity contribution in [2.45, 2.75) is 6.04 Å². The van der Waals surface area contributed by atoms with Crippen LogP contribution in [0.2, 0.25) is 0 Å². The van der Waals surface area contributed by atoms with Crippen LogP contribution < -0.4 is 10.1 Å². The molecule has 0 amide bonds. The molecule has 0 fully saturated rings. The van der Waals surface area contributed by atoms with Crippen LogP contribution in [-0.4, -0.2) is 46.6 Å². The summed E-state index contributed by atoms with van der Waals surface area (Å²) in [5, 5.41) is 3.12. The minimum atomic E-state index is 0.233. The third kappa shape index (κ3) is 6.26. The van der Waals surface area contributed by atoms with Crippen LogP contribution >= 0.6 is 0 Å². The number of hydrogen-bond acceptors (Lipinski definition) is 4. The molecule has 0 aliphatic heterocycles. The van der Waals surface area contributed by atoms with E-state index in [2.05, 4.69) is 5.32 Å². The van der Waals surface area contributed by atoms with Crippen LogP contribution in [0.25, 0.3) is 0 Å². The lowest BCUT2D eigenvalue weighted by Crippen LogP contribution is -2.35. The van der Waals surface area contributed by atoms with E-state index in [4.69, 9.17) is 14.2 Å². The Kier molecular flexibility index (Phi) is 7.38. The van der Waals surface area contributed by atoms with Gasteiger partial charge in [-0.25, -0.2) is 0 Å². The zero-order chi connectivity index (χ0) is 12.3. The highest BCUT2D eigenvalue weighted by Crippen LogP contribution is 2.07. The lowest BCUT2D eigenvalue weighted by atomic mass is 10.3. The molecule has 0 radical (unpaired) electrons. The van der Waals surface area contributed by atoms with Gasteiger partial charge in [0.2, 0.25) is 0 Å². The van der Waals surface area contributed by atoms with Crippen molar-refractivity contribution in [3.05, 3.63) is 30.3 Å². The Hall–Kier alpha value is -1.10. The van der Waals surface area contributed by atoms with Crippen molar-refractivity contribution in [2.75, 3.05) is 40.6 Å². The van der Waals surface area contributed by atoms with E-state index < -0.39 is 0 Å². The SMILES string of the molecule is CNC(COC)COCCOc1ccccc1. The van der Waals surface area contributed by atoms with Crippen LogP contribution in [0, 0.1) is 0 Å². The second-order valence-corrected chi connectivity index (χ2v) is 3.68. The Morgan fingerprint density at radius 1 is 1.12 bits per heavy atom. The van der Waals surface area contributed by atoms with Crippen LogP contribution in [-0.2, 0) is 9.47 Å². The Labute approximate surface area is 103 Å². The van der Waals surface area contributed by atoms with Gasteiger partial charge in [0.1, 0.15) is 12.4 Å². The second-order valence-electron chi connectivity index (χ2n) is 3.68. The van der Waals surface area contributed by atoms with Crippen molar-refractivity contribution in [3.8, 4) is 5.75 Å². The van der Waals surface area contributed by atoms with E-state index in [1.165, 1.54) is 0 Å². The summed E-state index contributed by atoms with van der Waals surface area (Å²) in [6.07, 6.45) is 0. The first-order valence-electron chi connectivity index (χ1n) is 5.78. The first-order chi connectivity index (χ1) is 8.36. The quantitative estimate of drug-likeness (QED) is 0.660. The molecule has 0 aliphatic carbocycles. The zero-order valence-corrected chi connectivity index (χ0v) is 10.5. The molecule has 0 saturated carbocycles. The topological polar surface area (TPSA) is 39.7 Å². The largest absolute Gasteiger partial charge is 0.491 e. The van der Waals surface area contributed by atoms with Gasteiger partial charge in [0.05, 0.1) is 25.9 Å². The molecule has 17 heavy (non-hydrogen) atoms. The molecule has 96 valence electrons. The summed E-state index contributed by atoms with van der Waals surface area (Å²) in [5.41, 5.74) is 0. The minimum Gasteiger partial charge on any atom is -0.491 e. The maximum Gasteiger partial charge on any atom is 0.119 e. The predicted molar refractivity (Wildman–Crippen MR) is 67.5 cm³/mol. The predicted octanol–water partition coefficient (Wildman–Crippen LogP) is 1.32. The summed E-state index contributed by atoms with van der Waals surface area (Å²) < 4.78 is 16.0. The van der Waals surface area contributed by atoms with Crippen LogP contribution in [0.15, 0.2) is 30.3 Å². The molecule has 1 atom stereocenters. The van der Waals surface area contributed by atoms with Crippen molar-refractivity contribution < 1.29 is 14.2 Å². The van der Waals surface area contributed by atoms with Crippen LogP contribution in [0.3, 0.4) is 0 Å². The summed E-state index contributed by atoms with van der Waals surface area (Å²) in [6, 6.07) is 9.96. The number of rotatable bonds is 9. The lowest BCUT2D eigenvalue weighted by molar-refractivity contribution is 0.0602. The number of benzene rings is 1. The fourth-order valence-electron chi connectivity index (χ4n) is 1.38. The highest BCUT2D eigenvalue weighted by atomic mass is 16.5. The lowest BCUT2D eigenvalue weighted by Gasteiger charge is -2.15. The molecular weight excluding hydrogens is 218 g/mol. The maximum atomic E-state index is 5.50. The summed E-state index contributed by atoms with van der Waals surface area (Å²) in [5.74, 6) is 0.873. The number of nitrogens with one attached hydrogen (secondary N) is 1. The fourth-order valence-corrected chi connectivity index (χ4v) is 1.38. The molecule has 1 N–H and O–H groups in total. The Morgan fingerprint density at radius 3 is 2.53 bits per heavy atom. The van der Waals surface area contributed by atoms with Gasteiger partial charge in [-0.2, -0.15) is 0 Å². The highest BCUT2D eigenvalue weighted by Gasteiger charge is 2.04. The smallest absolute Gasteiger partial charge is 0.119 e. The molecule has 0 heterocycles. The molecule has 0 spiro atoms. The second kappa shape index (κ2) is 8.98. The van der Waals surface area contributed by atoms with Crippen molar-refractivity contribution in [2.24, 2.45) is 0 Å². The third-order valence-electron chi connectivity index (χ3n) is 2.33. The number of para-hydroxylation sites is 1. The van der Waals surface area contributed by atoms with Gasteiger partial charge < -0.3 is 19.5 Å². The summed E-state index contributed by atoms with van der Waals surface area (Å²) in [7, 11) is 3.58. The molecule has 0 bridgehead atoms. The molecule has 1 aromatic carbocycles. The number of likely N-dealkylation sites (N-methyl/N-ethyl adjacent to an activating group) is 1. The van der Waals surface area contributed by atoms with E-state index >= 15 is 0 Å². The molecule has 0 saturated heterocycles. The van der Waals surface area contributed by atoms with Gasteiger partial charge in [0.25, 0.3) is 0 Å². The van der Waals surface area contributed by atoms with Gasteiger partial charge in [-0.3, -0.25) is 0 Å². The zero-order valence-electron chi connectivity index (χ0n) is 10.5. The van der Waals surface area contributed by atoms with Gasteiger partial charge >= 0.3 is 0 Å². The van der Waals surface area contributed by atoms with E-state index in [0.29, 0.717) is 26.4 Å². The average molecular weight is 239 g/mol.